The number of aromatic nitrogens is 5. The average molecular weight is 403 g/mol. The Kier molecular flexibility index (Phi) is 4.03. The van der Waals surface area contributed by atoms with E-state index in [9.17, 15) is 4.39 Å². The van der Waals surface area contributed by atoms with Crippen molar-refractivity contribution in [3.05, 3.63) is 72.0 Å². The molecule has 4 heterocycles. The van der Waals surface area contributed by atoms with Crippen LogP contribution in [0.3, 0.4) is 0 Å². The molecule has 6 nitrogen and oxygen atoms in total. The number of nitrogens with two attached hydrogens (primary N) is 1. The van der Waals surface area contributed by atoms with Gasteiger partial charge >= 0.3 is 0 Å². The van der Waals surface area contributed by atoms with Gasteiger partial charge in [-0.25, -0.2) is 29.3 Å². The van der Waals surface area contributed by atoms with E-state index in [1.165, 1.54) is 24.5 Å². The second kappa shape index (κ2) is 6.72. The summed E-state index contributed by atoms with van der Waals surface area (Å²) in [5.74, 6) is -0.118. The van der Waals surface area contributed by atoms with Gasteiger partial charge in [-0.3, -0.25) is 0 Å². The lowest BCUT2D eigenvalue weighted by molar-refractivity contribution is 0.631. The van der Waals surface area contributed by atoms with Gasteiger partial charge in [-0.2, -0.15) is 0 Å². The Balaban J connectivity index is 1.87. The van der Waals surface area contributed by atoms with Crippen molar-refractivity contribution in [1.29, 1.82) is 0 Å². The molecule has 29 heavy (non-hydrogen) atoms. The van der Waals surface area contributed by atoms with E-state index < -0.39 is 5.82 Å². The van der Waals surface area contributed by atoms with Gasteiger partial charge in [0.1, 0.15) is 23.5 Å². The van der Waals surface area contributed by atoms with Crippen LogP contribution in [0.1, 0.15) is 0 Å². The summed E-state index contributed by atoms with van der Waals surface area (Å²) in [5.41, 5.74) is 9.04. The first-order chi connectivity index (χ1) is 14.1. The number of nitrogen functional groups attached to an aromatic ring is 1. The van der Waals surface area contributed by atoms with Gasteiger partial charge in [0, 0.05) is 39.3 Å². The van der Waals surface area contributed by atoms with Crippen molar-refractivity contribution < 1.29 is 4.39 Å². The molecule has 0 unspecified atom stereocenters. The second-order valence-corrected chi connectivity index (χ2v) is 6.80. The fraction of sp³-hybridized carbons (Fsp3) is 0. The van der Waals surface area contributed by atoms with Gasteiger partial charge < -0.3 is 5.73 Å². The van der Waals surface area contributed by atoms with Crippen LogP contribution in [0.4, 0.5) is 10.2 Å². The van der Waals surface area contributed by atoms with Crippen molar-refractivity contribution in [2.75, 3.05) is 5.73 Å². The summed E-state index contributed by atoms with van der Waals surface area (Å²) in [6.45, 7) is 0. The molecule has 5 rings (SSSR count). The van der Waals surface area contributed by atoms with Gasteiger partial charge in [0.15, 0.2) is 5.65 Å². The standard InChI is InChI=1S/C21H12ClFN6/c22-11-3-4-16(23)15(8-11)17-9-14(12-2-1-6-26-21(12)29-17)18-13-5-7-25-20(24)19(13)28-10-27-18/h1-10H,(H2,24,25). The van der Waals surface area contributed by atoms with Gasteiger partial charge in [0.2, 0.25) is 0 Å². The van der Waals surface area contributed by atoms with E-state index in [1.54, 1.807) is 24.5 Å². The van der Waals surface area contributed by atoms with Crippen LogP contribution in [0.15, 0.2) is 61.2 Å². The minimum absolute atomic E-state index is 0.283. The summed E-state index contributed by atoms with van der Waals surface area (Å²) >= 11 is 6.09. The molecule has 2 N–H and O–H groups in total. The summed E-state index contributed by atoms with van der Waals surface area (Å²) in [7, 11) is 0. The Hall–Kier alpha value is -3.71. The molecule has 0 fully saturated rings. The predicted molar refractivity (Wildman–Crippen MR) is 111 cm³/mol. The molecule has 0 amide bonds. The average Bonchev–Trinajstić information content (AvgIpc) is 2.75. The van der Waals surface area contributed by atoms with Gasteiger partial charge in [0.25, 0.3) is 0 Å². The number of halogens is 2. The highest BCUT2D eigenvalue weighted by atomic mass is 35.5. The highest BCUT2D eigenvalue weighted by molar-refractivity contribution is 6.30. The Morgan fingerprint density at radius 1 is 0.862 bits per heavy atom. The van der Waals surface area contributed by atoms with Crippen LogP contribution in [0.5, 0.6) is 0 Å². The van der Waals surface area contributed by atoms with Crippen LogP contribution in [0.25, 0.3) is 44.5 Å². The first-order valence-electron chi connectivity index (χ1n) is 8.68. The normalized spacial score (nSPS) is 11.2. The maximum atomic E-state index is 14.5. The van der Waals surface area contributed by atoms with E-state index in [1.807, 2.05) is 12.1 Å². The molecule has 0 aliphatic rings. The molecule has 0 radical (unpaired) electrons. The van der Waals surface area contributed by atoms with Crippen LogP contribution in [-0.2, 0) is 0 Å². The summed E-state index contributed by atoms with van der Waals surface area (Å²) in [6, 6.07) is 11.6. The molecule has 1 aromatic carbocycles. The predicted octanol–water partition coefficient (Wildman–Crippen LogP) is 4.68. The summed E-state index contributed by atoms with van der Waals surface area (Å²) in [5, 5.41) is 1.92. The molecule has 0 atom stereocenters. The number of benzene rings is 1. The number of nitrogens with zero attached hydrogens (tertiary/aromatic N) is 5. The zero-order valence-electron chi connectivity index (χ0n) is 14.8. The monoisotopic (exact) mass is 402 g/mol. The summed E-state index contributed by atoms with van der Waals surface area (Å²) in [6.07, 6.45) is 4.67. The zero-order chi connectivity index (χ0) is 20.0. The topological polar surface area (TPSA) is 90.5 Å². The minimum Gasteiger partial charge on any atom is -0.382 e. The Bertz CT molecular complexity index is 1410. The summed E-state index contributed by atoms with van der Waals surface area (Å²) in [4.78, 5) is 21.7. The highest BCUT2D eigenvalue weighted by Crippen LogP contribution is 2.35. The van der Waals surface area contributed by atoms with Crippen LogP contribution < -0.4 is 5.73 Å². The Morgan fingerprint density at radius 3 is 2.66 bits per heavy atom. The first kappa shape index (κ1) is 17.4. The molecule has 5 aromatic rings. The zero-order valence-corrected chi connectivity index (χ0v) is 15.6. The van der Waals surface area contributed by atoms with E-state index in [0.717, 1.165) is 16.3 Å². The highest BCUT2D eigenvalue weighted by Gasteiger charge is 2.17. The Labute approximate surface area is 169 Å². The molecule has 0 bridgehead atoms. The van der Waals surface area contributed by atoms with Gasteiger partial charge in [0.05, 0.1) is 11.4 Å². The molecular weight excluding hydrogens is 391 g/mol. The van der Waals surface area contributed by atoms with Crippen molar-refractivity contribution in [2.45, 2.75) is 0 Å². The SMILES string of the molecule is Nc1nccc2c(-c3cc(-c4cc(Cl)ccc4F)nc4ncccc34)ncnc12. The van der Waals surface area contributed by atoms with Crippen LogP contribution >= 0.6 is 11.6 Å². The number of fused-ring (bicyclic) bond motifs is 2. The third kappa shape index (κ3) is 2.92. The van der Waals surface area contributed by atoms with E-state index in [-0.39, 0.29) is 5.56 Å². The molecule has 0 spiro atoms. The summed E-state index contributed by atoms with van der Waals surface area (Å²) < 4.78 is 14.5. The number of hydrogen-bond donors (Lipinski definition) is 1. The second-order valence-electron chi connectivity index (χ2n) is 6.37. The van der Waals surface area contributed by atoms with Gasteiger partial charge in [-0.05, 0) is 42.5 Å². The lowest BCUT2D eigenvalue weighted by Gasteiger charge is -2.12. The van der Waals surface area contributed by atoms with Crippen molar-refractivity contribution in [2.24, 2.45) is 0 Å². The molecule has 4 aromatic heterocycles. The van der Waals surface area contributed by atoms with Crippen molar-refractivity contribution in [3.63, 3.8) is 0 Å². The van der Waals surface area contributed by atoms with Crippen LogP contribution in [-0.4, -0.2) is 24.9 Å². The lowest BCUT2D eigenvalue weighted by atomic mass is 10.0. The first-order valence-corrected chi connectivity index (χ1v) is 9.06. The molecule has 0 aliphatic carbocycles. The van der Waals surface area contributed by atoms with Crippen molar-refractivity contribution >= 4 is 39.4 Å². The third-order valence-corrected chi connectivity index (χ3v) is 4.86. The molecule has 0 saturated heterocycles. The minimum atomic E-state index is -0.427. The van der Waals surface area contributed by atoms with Crippen molar-refractivity contribution in [1.82, 2.24) is 24.9 Å². The third-order valence-electron chi connectivity index (χ3n) is 4.63. The van der Waals surface area contributed by atoms with Crippen molar-refractivity contribution in [3.8, 4) is 22.5 Å². The van der Waals surface area contributed by atoms with E-state index >= 15 is 0 Å². The van der Waals surface area contributed by atoms with E-state index in [2.05, 4.69) is 24.9 Å². The molecular formula is C21H12ClFN6. The molecule has 8 heteroatoms. The van der Waals surface area contributed by atoms with Crippen LogP contribution in [0.2, 0.25) is 5.02 Å². The molecule has 0 saturated carbocycles. The van der Waals surface area contributed by atoms with Gasteiger partial charge in [-0.1, -0.05) is 11.6 Å². The quantitative estimate of drug-likeness (QED) is 0.461. The molecule has 140 valence electrons. The van der Waals surface area contributed by atoms with E-state index in [0.29, 0.717) is 33.4 Å². The number of pyridine rings is 3. The Morgan fingerprint density at radius 2 is 1.76 bits per heavy atom. The number of rotatable bonds is 2. The smallest absolute Gasteiger partial charge is 0.160 e. The number of anilines is 1. The fourth-order valence-corrected chi connectivity index (χ4v) is 3.48. The van der Waals surface area contributed by atoms with E-state index in [4.69, 9.17) is 17.3 Å². The van der Waals surface area contributed by atoms with Crippen LogP contribution in [0, 0.1) is 5.82 Å². The largest absolute Gasteiger partial charge is 0.382 e. The maximum absolute atomic E-state index is 14.5. The van der Waals surface area contributed by atoms with Gasteiger partial charge in [-0.15, -0.1) is 0 Å². The molecule has 0 aliphatic heterocycles. The number of hydrogen-bond acceptors (Lipinski definition) is 6. The lowest BCUT2D eigenvalue weighted by Crippen LogP contribution is -1.98. The fourth-order valence-electron chi connectivity index (χ4n) is 3.31. The maximum Gasteiger partial charge on any atom is 0.160 e.